The Bertz CT molecular complexity index is 441. The predicted molar refractivity (Wildman–Crippen MR) is 68.9 cm³/mol. The minimum Gasteiger partial charge on any atom is -0.506 e. The van der Waals surface area contributed by atoms with Crippen LogP contribution in [-0.2, 0) is 14.2 Å². The van der Waals surface area contributed by atoms with Gasteiger partial charge in [0.2, 0.25) is 6.29 Å². The third-order valence-corrected chi connectivity index (χ3v) is 3.69. The molecule has 0 aromatic carbocycles. The van der Waals surface area contributed by atoms with Crippen LogP contribution >= 0.6 is 0 Å². The van der Waals surface area contributed by atoms with Gasteiger partial charge < -0.3 is 55.1 Å². The number of aliphatic hydroxyl groups excluding tert-OH is 8. The molecular formula is C12H20O11. The molecule has 8 atom stereocenters. The van der Waals surface area contributed by atoms with E-state index in [1.807, 2.05) is 0 Å². The Labute approximate surface area is 130 Å². The Morgan fingerprint density at radius 1 is 1.00 bits per heavy atom. The van der Waals surface area contributed by atoms with Crippen molar-refractivity contribution in [1.82, 2.24) is 0 Å². The van der Waals surface area contributed by atoms with Crippen molar-refractivity contribution in [3.8, 4) is 0 Å². The lowest BCUT2D eigenvalue weighted by molar-refractivity contribution is -0.252. The Morgan fingerprint density at radius 3 is 2.22 bits per heavy atom. The lowest BCUT2D eigenvalue weighted by Gasteiger charge is -2.34. The fraction of sp³-hybridized carbons (Fsp3) is 0.833. The minimum atomic E-state index is -1.85. The molecule has 8 N–H and O–H groups in total. The number of rotatable bonds is 5. The van der Waals surface area contributed by atoms with Crippen molar-refractivity contribution in [3.05, 3.63) is 11.5 Å². The summed E-state index contributed by atoms with van der Waals surface area (Å²) in [6.07, 6.45) is -12.2. The first-order chi connectivity index (χ1) is 10.8. The van der Waals surface area contributed by atoms with Crippen molar-refractivity contribution in [2.45, 2.75) is 49.2 Å². The average molecular weight is 340 g/mol. The minimum absolute atomic E-state index is 0.701. The van der Waals surface area contributed by atoms with Gasteiger partial charge in [0, 0.05) is 0 Å². The second-order valence-corrected chi connectivity index (χ2v) is 5.24. The zero-order valence-corrected chi connectivity index (χ0v) is 11.8. The first-order valence-corrected chi connectivity index (χ1v) is 6.84. The molecule has 0 aliphatic carbocycles. The molecule has 0 aromatic rings. The highest BCUT2D eigenvalue weighted by molar-refractivity contribution is 5.13. The molecule has 11 heteroatoms. The zero-order valence-electron chi connectivity index (χ0n) is 11.8. The Morgan fingerprint density at radius 2 is 1.65 bits per heavy atom. The monoisotopic (exact) mass is 340 g/mol. The van der Waals surface area contributed by atoms with Gasteiger partial charge in [0.25, 0.3) is 0 Å². The van der Waals surface area contributed by atoms with E-state index in [0.717, 1.165) is 0 Å². The standard InChI is InChI=1S/C12H20O11/c13-1-3(15)9-6(17)8(19)12(22-9)23-10-4(2-14)21-11(20)7(18)5(10)16/h3-4,6,8-20H,1-2H2/t3-,4-,6-,8+,9-,10-,11+,12-/m1/s1. The summed E-state index contributed by atoms with van der Waals surface area (Å²) in [4.78, 5) is 0. The highest BCUT2D eigenvalue weighted by atomic mass is 16.7. The van der Waals surface area contributed by atoms with Crippen LogP contribution < -0.4 is 0 Å². The van der Waals surface area contributed by atoms with Crippen molar-refractivity contribution in [1.29, 1.82) is 0 Å². The molecule has 134 valence electrons. The van der Waals surface area contributed by atoms with Crippen LogP contribution in [0.25, 0.3) is 0 Å². The fourth-order valence-electron chi connectivity index (χ4n) is 2.39. The van der Waals surface area contributed by atoms with Gasteiger partial charge in [-0.25, -0.2) is 0 Å². The number of ether oxygens (including phenoxy) is 3. The second-order valence-electron chi connectivity index (χ2n) is 5.24. The predicted octanol–water partition coefficient (Wildman–Crippen LogP) is -3.79. The van der Waals surface area contributed by atoms with Gasteiger partial charge in [-0.2, -0.15) is 0 Å². The Kier molecular flexibility index (Phi) is 5.78. The maximum Gasteiger partial charge on any atom is 0.218 e. The van der Waals surface area contributed by atoms with Crippen molar-refractivity contribution in [2.75, 3.05) is 13.2 Å². The molecule has 0 spiro atoms. The summed E-state index contributed by atoms with van der Waals surface area (Å²) in [7, 11) is 0. The normalized spacial score (nSPS) is 43.0. The average Bonchev–Trinajstić information content (AvgIpc) is 2.82. The molecule has 0 aromatic heterocycles. The quantitative estimate of drug-likeness (QED) is 0.245. The van der Waals surface area contributed by atoms with Crippen LogP contribution in [0.4, 0.5) is 0 Å². The molecule has 0 amide bonds. The van der Waals surface area contributed by atoms with Gasteiger partial charge in [-0.3, -0.25) is 0 Å². The number of hydrogen-bond acceptors (Lipinski definition) is 11. The Hall–Kier alpha value is -1.02. The van der Waals surface area contributed by atoms with E-state index in [1.165, 1.54) is 0 Å². The molecule has 0 saturated carbocycles. The van der Waals surface area contributed by atoms with Crippen LogP contribution in [0.15, 0.2) is 11.5 Å². The van der Waals surface area contributed by atoms with Crippen LogP contribution in [-0.4, -0.2) is 103 Å². The highest BCUT2D eigenvalue weighted by Crippen LogP contribution is 2.30. The largest absolute Gasteiger partial charge is 0.506 e. The van der Waals surface area contributed by atoms with Crippen LogP contribution in [0.2, 0.25) is 0 Å². The van der Waals surface area contributed by atoms with E-state index in [1.54, 1.807) is 0 Å². The van der Waals surface area contributed by atoms with E-state index in [4.69, 9.17) is 19.3 Å². The summed E-state index contributed by atoms with van der Waals surface area (Å²) in [5.41, 5.74) is 0. The molecular weight excluding hydrogens is 320 g/mol. The van der Waals surface area contributed by atoms with Gasteiger partial charge >= 0.3 is 0 Å². The van der Waals surface area contributed by atoms with Crippen LogP contribution in [0, 0.1) is 0 Å². The van der Waals surface area contributed by atoms with Crippen LogP contribution in [0.1, 0.15) is 0 Å². The van der Waals surface area contributed by atoms with E-state index >= 15 is 0 Å². The van der Waals surface area contributed by atoms with Crippen molar-refractivity contribution >= 4 is 0 Å². The van der Waals surface area contributed by atoms with Gasteiger partial charge in [-0.05, 0) is 0 Å². The summed E-state index contributed by atoms with van der Waals surface area (Å²) < 4.78 is 15.1. The molecule has 2 aliphatic heterocycles. The van der Waals surface area contributed by atoms with E-state index in [2.05, 4.69) is 0 Å². The maximum atomic E-state index is 9.86. The first-order valence-electron chi connectivity index (χ1n) is 6.84. The van der Waals surface area contributed by atoms with Crippen molar-refractivity contribution in [2.24, 2.45) is 0 Å². The molecule has 0 unspecified atom stereocenters. The molecule has 1 fully saturated rings. The van der Waals surface area contributed by atoms with Gasteiger partial charge in [0.15, 0.2) is 17.8 Å². The van der Waals surface area contributed by atoms with Gasteiger partial charge in [0.1, 0.15) is 36.6 Å². The number of hydrogen-bond donors (Lipinski definition) is 8. The lowest BCUT2D eigenvalue weighted by atomic mass is 10.1. The maximum absolute atomic E-state index is 9.86. The molecule has 1 saturated heterocycles. The summed E-state index contributed by atoms with van der Waals surface area (Å²) in [6.45, 7) is -1.43. The van der Waals surface area contributed by atoms with E-state index in [9.17, 15) is 35.7 Å². The van der Waals surface area contributed by atoms with E-state index < -0.39 is 73.9 Å². The van der Waals surface area contributed by atoms with E-state index in [0.29, 0.717) is 0 Å². The molecule has 2 heterocycles. The third-order valence-electron chi connectivity index (χ3n) is 3.69. The smallest absolute Gasteiger partial charge is 0.218 e. The second kappa shape index (κ2) is 7.25. The fourth-order valence-corrected chi connectivity index (χ4v) is 2.39. The van der Waals surface area contributed by atoms with Gasteiger partial charge in [-0.15, -0.1) is 0 Å². The summed E-state index contributed by atoms with van der Waals surface area (Å²) in [5, 5.41) is 75.8. The summed E-state index contributed by atoms with van der Waals surface area (Å²) >= 11 is 0. The van der Waals surface area contributed by atoms with Crippen LogP contribution in [0.3, 0.4) is 0 Å². The summed E-state index contributed by atoms with van der Waals surface area (Å²) in [6, 6.07) is 0. The van der Waals surface area contributed by atoms with Crippen molar-refractivity contribution < 1.29 is 55.1 Å². The first kappa shape index (κ1) is 18.3. The third kappa shape index (κ3) is 3.42. The molecule has 0 bridgehead atoms. The van der Waals surface area contributed by atoms with E-state index in [-0.39, 0.29) is 0 Å². The lowest BCUT2D eigenvalue weighted by Crippen LogP contribution is -2.48. The molecule has 2 aliphatic rings. The molecule has 11 nitrogen and oxygen atoms in total. The number of aliphatic hydroxyl groups is 8. The Balaban J connectivity index is 2.14. The molecule has 0 radical (unpaired) electrons. The highest BCUT2D eigenvalue weighted by Gasteiger charge is 2.49. The molecule has 2 rings (SSSR count). The van der Waals surface area contributed by atoms with Gasteiger partial charge in [0.05, 0.1) is 13.2 Å². The molecule has 23 heavy (non-hydrogen) atoms. The topological polar surface area (TPSA) is 190 Å². The zero-order chi connectivity index (χ0) is 17.3. The summed E-state index contributed by atoms with van der Waals surface area (Å²) in [5.74, 6) is -1.76. The van der Waals surface area contributed by atoms with Crippen LogP contribution in [0.5, 0.6) is 0 Å². The van der Waals surface area contributed by atoms with Gasteiger partial charge in [-0.1, -0.05) is 0 Å². The SMILES string of the molecule is OC[C@@H](O)[C@H]1O[C@H](O[C@H]2C(O)=C(O)[C@@H](O)O[C@@H]2CO)[C@@H](O)[C@H]1O. The van der Waals surface area contributed by atoms with Crippen molar-refractivity contribution in [3.63, 3.8) is 0 Å².